The minimum atomic E-state index is -0.305. The van der Waals surface area contributed by atoms with Gasteiger partial charge in [0.25, 0.3) is 11.8 Å². The standard InChI is InChI=1S/C27H33N3O3S/c1-18(23-14-8-16-34-23)30-26(32)21-12-6-13-22(24(21)27(30)33)29-15-7-9-19(17-29)25(31)28(2)20-10-4-3-5-11-20/h6,8,12-14,16,18-20H,3-5,7,9-11,15,17H2,1-2H3/t18-,19+/m1/s1. The van der Waals surface area contributed by atoms with Crippen LogP contribution in [0.2, 0.25) is 0 Å². The van der Waals surface area contributed by atoms with Gasteiger partial charge in [-0.1, -0.05) is 31.4 Å². The smallest absolute Gasteiger partial charge is 0.264 e. The summed E-state index contributed by atoms with van der Waals surface area (Å²) in [4.78, 5) is 46.7. The third-order valence-electron chi connectivity index (χ3n) is 7.85. The second kappa shape index (κ2) is 9.53. The summed E-state index contributed by atoms with van der Waals surface area (Å²) in [6.45, 7) is 3.29. The molecule has 3 heterocycles. The second-order valence-corrected chi connectivity index (χ2v) is 10.9. The summed E-state index contributed by atoms with van der Waals surface area (Å²) in [5.74, 6) is -0.321. The average Bonchev–Trinajstić information content (AvgIpc) is 3.51. The molecular formula is C27H33N3O3S. The van der Waals surface area contributed by atoms with E-state index >= 15 is 0 Å². The predicted molar refractivity (Wildman–Crippen MR) is 134 cm³/mol. The number of benzene rings is 1. The quantitative estimate of drug-likeness (QED) is 0.559. The van der Waals surface area contributed by atoms with Gasteiger partial charge < -0.3 is 9.80 Å². The van der Waals surface area contributed by atoms with Crippen LogP contribution in [0.5, 0.6) is 0 Å². The first-order chi connectivity index (χ1) is 16.5. The van der Waals surface area contributed by atoms with Crippen LogP contribution in [0.15, 0.2) is 35.7 Å². The molecule has 2 fully saturated rings. The van der Waals surface area contributed by atoms with Crippen molar-refractivity contribution in [1.29, 1.82) is 0 Å². The lowest BCUT2D eigenvalue weighted by Crippen LogP contribution is -2.47. The predicted octanol–water partition coefficient (Wildman–Crippen LogP) is 5.11. The van der Waals surface area contributed by atoms with Gasteiger partial charge in [-0.05, 0) is 56.2 Å². The molecule has 3 aliphatic rings. The van der Waals surface area contributed by atoms with Crippen LogP contribution in [-0.4, -0.2) is 53.7 Å². The minimum absolute atomic E-state index is 0.0788. The van der Waals surface area contributed by atoms with Crippen molar-refractivity contribution in [2.24, 2.45) is 5.92 Å². The number of nitrogens with zero attached hydrogens (tertiary/aromatic N) is 3. The van der Waals surface area contributed by atoms with Gasteiger partial charge in [-0.3, -0.25) is 19.3 Å². The van der Waals surface area contributed by atoms with E-state index in [1.165, 1.54) is 24.2 Å². The summed E-state index contributed by atoms with van der Waals surface area (Å²) in [5.41, 5.74) is 1.75. The van der Waals surface area contributed by atoms with Crippen LogP contribution in [0.3, 0.4) is 0 Å². The maximum atomic E-state index is 13.5. The molecule has 3 amide bonds. The summed E-state index contributed by atoms with van der Waals surface area (Å²) >= 11 is 1.55. The Morgan fingerprint density at radius 1 is 1.03 bits per heavy atom. The van der Waals surface area contributed by atoms with Crippen LogP contribution in [0.1, 0.15) is 83.5 Å². The van der Waals surface area contributed by atoms with E-state index < -0.39 is 0 Å². The molecule has 6 nitrogen and oxygen atoms in total. The van der Waals surface area contributed by atoms with Gasteiger partial charge in [0.1, 0.15) is 0 Å². The number of rotatable bonds is 5. The van der Waals surface area contributed by atoms with E-state index in [1.54, 1.807) is 17.4 Å². The number of carbonyl (C=O) groups is 3. The highest BCUT2D eigenvalue weighted by Gasteiger charge is 2.42. The van der Waals surface area contributed by atoms with Crippen LogP contribution in [-0.2, 0) is 4.79 Å². The van der Waals surface area contributed by atoms with Crippen LogP contribution >= 0.6 is 11.3 Å². The molecule has 2 atom stereocenters. The lowest BCUT2D eigenvalue weighted by molar-refractivity contribution is -0.137. The van der Waals surface area contributed by atoms with Gasteiger partial charge in [0.2, 0.25) is 5.91 Å². The Hall–Kier alpha value is -2.67. The molecule has 1 aliphatic carbocycles. The molecule has 1 aromatic heterocycles. The molecule has 0 spiro atoms. The Kier molecular flexibility index (Phi) is 6.47. The molecule has 0 unspecified atom stereocenters. The van der Waals surface area contributed by atoms with Gasteiger partial charge in [0.15, 0.2) is 0 Å². The number of anilines is 1. The molecule has 0 bridgehead atoms. The topological polar surface area (TPSA) is 60.9 Å². The van der Waals surface area contributed by atoms with Gasteiger partial charge in [-0.25, -0.2) is 0 Å². The monoisotopic (exact) mass is 479 g/mol. The van der Waals surface area contributed by atoms with Crippen LogP contribution in [0, 0.1) is 5.92 Å². The van der Waals surface area contributed by atoms with Crippen molar-refractivity contribution >= 4 is 34.7 Å². The molecule has 1 saturated heterocycles. The number of hydrogen-bond acceptors (Lipinski definition) is 5. The molecule has 2 aliphatic heterocycles. The van der Waals surface area contributed by atoms with Crippen molar-refractivity contribution in [3.8, 4) is 0 Å². The zero-order chi connectivity index (χ0) is 23.8. The largest absolute Gasteiger partial charge is 0.370 e. The molecule has 1 saturated carbocycles. The Labute approximate surface area is 205 Å². The Balaban J connectivity index is 1.37. The molecule has 2 aromatic rings. The maximum Gasteiger partial charge on any atom is 0.264 e. The summed E-state index contributed by atoms with van der Waals surface area (Å²) in [5, 5.41) is 1.96. The summed E-state index contributed by atoms with van der Waals surface area (Å²) in [7, 11) is 1.96. The zero-order valence-electron chi connectivity index (χ0n) is 20.0. The second-order valence-electron chi connectivity index (χ2n) is 9.90. The third-order valence-corrected chi connectivity index (χ3v) is 8.89. The summed E-state index contributed by atoms with van der Waals surface area (Å²) in [6.07, 6.45) is 7.63. The van der Waals surface area contributed by atoms with E-state index in [1.807, 2.05) is 48.5 Å². The van der Waals surface area contributed by atoms with Gasteiger partial charge >= 0.3 is 0 Å². The third kappa shape index (κ3) is 4.04. The zero-order valence-corrected chi connectivity index (χ0v) is 20.9. The fourth-order valence-corrected chi connectivity index (χ4v) is 6.66. The molecular weight excluding hydrogens is 446 g/mol. The average molecular weight is 480 g/mol. The normalized spacial score (nSPS) is 22.1. The first-order valence-electron chi connectivity index (χ1n) is 12.5. The number of thiophene rings is 1. The Bertz CT molecular complexity index is 1080. The van der Waals surface area contributed by atoms with E-state index in [2.05, 4.69) is 4.90 Å². The van der Waals surface area contributed by atoms with Gasteiger partial charge in [-0.2, -0.15) is 0 Å². The van der Waals surface area contributed by atoms with Crippen molar-refractivity contribution in [3.05, 3.63) is 51.7 Å². The van der Waals surface area contributed by atoms with Gasteiger partial charge in [0, 0.05) is 31.1 Å². The van der Waals surface area contributed by atoms with Crippen LogP contribution < -0.4 is 4.90 Å². The summed E-state index contributed by atoms with van der Waals surface area (Å²) in [6, 6.07) is 9.49. The highest BCUT2D eigenvalue weighted by atomic mass is 32.1. The number of piperidine rings is 1. The Morgan fingerprint density at radius 2 is 1.82 bits per heavy atom. The molecule has 0 radical (unpaired) electrons. The van der Waals surface area contributed by atoms with Gasteiger partial charge in [-0.15, -0.1) is 11.3 Å². The van der Waals surface area contributed by atoms with E-state index in [4.69, 9.17) is 0 Å². The van der Waals surface area contributed by atoms with Crippen LogP contribution in [0.25, 0.3) is 0 Å². The number of carbonyl (C=O) groups excluding carboxylic acids is 3. The SMILES string of the molecule is C[C@H](c1cccs1)N1C(=O)c2cccc(N3CCC[C@H](C(=O)N(C)C4CCCCC4)C3)c2C1=O. The fraction of sp³-hybridized carbons (Fsp3) is 0.519. The Morgan fingerprint density at radius 3 is 2.56 bits per heavy atom. The van der Waals surface area contributed by atoms with Crippen molar-refractivity contribution in [3.63, 3.8) is 0 Å². The van der Waals surface area contributed by atoms with Crippen molar-refractivity contribution < 1.29 is 14.4 Å². The van der Waals surface area contributed by atoms with E-state index in [-0.39, 0.29) is 29.7 Å². The molecule has 1 aromatic carbocycles. The highest BCUT2D eigenvalue weighted by Crippen LogP contribution is 2.38. The minimum Gasteiger partial charge on any atom is -0.370 e. The van der Waals surface area contributed by atoms with Crippen molar-refractivity contribution in [2.45, 2.75) is 64.0 Å². The van der Waals surface area contributed by atoms with E-state index in [0.717, 1.165) is 42.8 Å². The molecule has 0 N–H and O–H groups in total. The van der Waals surface area contributed by atoms with E-state index in [9.17, 15) is 14.4 Å². The number of hydrogen-bond donors (Lipinski definition) is 0. The lowest BCUT2D eigenvalue weighted by Gasteiger charge is -2.38. The van der Waals surface area contributed by atoms with Gasteiger partial charge in [0.05, 0.1) is 28.8 Å². The van der Waals surface area contributed by atoms with Crippen LogP contribution in [0.4, 0.5) is 5.69 Å². The molecule has 34 heavy (non-hydrogen) atoms. The first-order valence-corrected chi connectivity index (χ1v) is 13.4. The fourth-order valence-electron chi connectivity index (χ4n) is 5.89. The molecule has 180 valence electrons. The van der Waals surface area contributed by atoms with E-state index in [0.29, 0.717) is 23.7 Å². The highest BCUT2D eigenvalue weighted by molar-refractivity contribution is 7.10. The lowest BCUT2D eigenvalue weighted by atomic mass is 9.91. The van der Waals surface area contributed by atoms with Crippen molar-refractivity contribution in [2.75, 3.05) is 25.0 Å². The maximum absolute atomic E-state index is 13.5. The molecule has 5 rings (SSSR count). The first kappa shape index (κ1) is 23.1. The summed E-state index contributed by atoms with van der Waals surface area (Å²) < 4.78 is 0. The molecule has 7 heteroatoms. The number of fused-ring (bicyclic) bond motifs is 1. The van der Waals surface area contributed by atoms with Crippen molar-refractivity contribution in [1.82, 2.24) is 9.80 Å². The number of imide groups is 1. The number of amides is 3.